The van der Waals surface area contributed by atoms with Crippen molar-refractivity contribution >= 4 is 28.5 Å². The third kappa shape index (κ3) is 3.57. The Morgan fingerprint density at radius 1 is 1.43 bits per heavy atom. The maximum Gasteiger partial charge on any atom is 0.287 e. The van der Waals surface area contributed by atoms with Gasteiger partial charge in [-0.05, 0) is 37.0 Å². The Kier molecular flexibility index (Phi) is 4.59. The molecule has 0 spiro atoms. The largest absolute Gasteiger partial charge is 0.451 e. The van der Waals surface area contributed by atoms with Gasteiger partial charge in [0.15, 0.2) is 5.76 Å². The van der Waals surface area contributed by atoms with Crippen LogP contribution in [0.5, 0.6) is 0 Å². The SMILES string of the molecule is Cc1c(C(=O)NCC(C)(C)CCO)oc2ccc(Cl)cc12. The Labute approximate surface area is 129 Å². The van der Waals surface area contributed by atoms with Gasteiger partial charge in [0.1, 0.15) is 5.58 Å². The standard InChI is InChI=1S/C16H20ClNO3/c1-10-12-8-11(17)4-5-13(12)21-14(10)15(20)18-9-16(2,3)6-7-19/h4-5,8,19H,6-7,9H2,1-3H3,(H,18,20). The minimum Gasteiger partial charge on any atom is -0.451 e. The van der Waals surface area contributed by atoms with Crippen LogP contribution in [-0.4, -0.2) is 24.2 Å². The van der Waals surface area contributed by atoms with Gasteiger partial charge in [-0.15, -0.1) is 0 Å². The van der Waals surface area contributed by atoms with Crippen molar-refractivity contribution in [3.63, 3.8) is 0 Å². The Morgan fingerprint density at radius 2 is 2.14 bits per heavy atom. The summed E-state index contributed by atoms with van der Waals surface area (Å²) >= 11 is 5.97. The molecule has 2 aromatic rings. The van der Waals surface area contributed by atoms with E-state index in [0.717, 1.165) is 10.9 Å². The van der Waals surface area contributed by atoms with Crippen molar-refractivity contribution in [1.29, 1.82) is 0 Å². The van der Waals surface area contributed by atoms with E-state index < -0.39 is 0 Å². The van der Waals surface area contributed by atoms with E-state index in [1.807, 2.05) is 20.8 Å². The number of aryl methyl sites for hydroxylation is 1. The van der Waals surface area contributed by atoms with Gasteiger partial charge in [0.05, 0.1) is 0 Å². The van der Waals surface area contributed by atoms with Gasteiger partial charge in [-0.1, -0.05) is 25.4 Å². The fraction of sp³-hybridized carbons (Fsp3) is 0.438. The number of fused-ring (bicyclic) bond motifs is 1. The van der Waals surface area contributed by atoms with Gasteiger partial charge >= 0.3 is 0 Å². The molecule has 0 unspecified atom stereocenters. The monoisotopic (exact) mass is 309 g/mol. The third-order valence-electron chi connectivity index (χ3n) is 3.62. The maximum atomic E-state index is 12.3. The molecule has 1 aromatic heterocycles. The summed E-state index contributed by atoms with van der Waals surface area (Å²) < 4.78 is 5.62. The Morgan fingerprint density at radius 3 is 2.81 bits per heavy atom. The Hall–Kier alpha value is -1.52. The first-order valence-corrected chi connectivity index (χ1v) is 7.29. The molecule has 0 aliphatic rings. The van der Waals surface area contributed by atoms with Gasteiger partial charge in [-0.25, -0.2) is 0 Å². The number of amides is 1. The zero-order valence-corrected chi connectivity index (χ0v) is 13.3. The molecule has 1 aromatic carbocycles. The highest BCUT2D eigenvalue weighted by molar-refractivity contribution is 6.31. The lowest BCUT2D eigenvalue weighted by atomic mass is 9.90. The maximum absolute atomic E-state index is 12.3. The molecule has 0 aliphatic carbocycles. The summed E-state index contributed by atoms with van der Waals surface area (Å²) in [6.07, 6.45) is 0.627. The minimum atomic E-state index is -0.245. The summed E-state index contributed by atoms with van der Waals surface area (Å²) in [7, 11) is 0. The zero-order chi connectivity index (χ0) is 15.6. The summed E-state index contributed by atoms with van der Waals surface area (Å²) in [4.78, 5) is 12.3. The second kappa shape index (κ2) is 6.08. The van der Waals surface area contributed by atoms with E-state index in [4.69, 9.17) is 21.1 Å². The van der Waals surface area contributed by atoms with Crippen LogP contribution in [0.4, 0.5) is 0 Å². The van der Waals surface area contributed by atoms with Crippen LogP contribution in [-0.2, 0) is 0 Å². The first-order chi connectivity index (χ1) is 9.84. The number of furan rings is 1. The van der Waals surface area contributed by atoms with Crippen molar-refractivity contribution < 1.29 is 14.3 Å². The molecule has 0 aliphatic heterocycles. The van der Waals surface area contributed by atoms with Crippen LogP contribution in [0, 0.1) is 12.3 Å². The first kappa shape index (κ1) is 15.9. The van der Waals surface area contributed by atoms with Crippen molar-refractivity contribution in [2.45, 2.75) is 27.2 Å². The normalized spacial score (nSPS) is 11.9. The summed E-state index contributed by atoms with van der Waals surface area (Å²) in [6, 6.07) is 5.29. The molecular weight excluding hydrogens is 290 g/mol. The van der Waals surface area contributed by atoms with Crippen LogP contribution in [0.3, 0.4) is 0 Å². The van der Waals surface area contributed by atoms with Gasteiger partial charge in [0, 0.05) is 29.1 Å². The highest BCUT2D eigenvalue weighted by Gasteiger charge is 2.22. The summed E-state index contributed by atoms with van der Waals surface area (Å²) in [6.45, 7) is 6.41. The number of nitrogens with one attached hydrogen (secondary N) is 1. The van der Waals surface area contributed by atoms with Gasteiger partial charge in [-0.2, -0.15) is 0 Å². The van der Waals surface area contributed by atoms with Crippen LogP contribution < -0.4 is 5.32 Å². The molecule has 114 valence electrons. The van der Waals surface area contributed by atoms with Crippen LogP contribution in [0.1, 0.15) is 36.4 Å². The number of benzene rings is 1. The smallest absolute Gasteiger partial charge is 0.287 e. The van der Waals surface area contributed by atoms with E-state index in [0.29, 0.717) is 29.3 Å². The number of carbonyl (C=O) groups excluding carboxylic acids is 1. The molecule has 0 saturated carbocycles. The molecule has 0 radical (unpaired) electrons. The second-order valence-electron chi connectivity index (χ2n) is 6.02. The van der Waals surface area contributed by atoms with Gasteiger partial charge in [0.25, 0.3) is 5.91 Å². The fourth-order valence-corrected chi connectivity index (χ4v) is 2.37. The molecule has 5 heteroatoms. The molecule has 0 bridgehead atoms. The lowest BCUT2D eigenvalue weighted by molar-refractivity contribution is 0.0902. The van der Waals surface area contributed by atoms with E-state index in [-0.39, 0.29) is 17.9 Å². The Bertz CT molecular complexity index is 661. The van der Waals surface area contributed by atoms with E-state index in [1.165, 1.54) is 0 Å². The molecule has 1 amide bonds. The molecule has 4 nitrogen and oxygen atoms in total. The molecular formula is C16H20ClNO3. The molecule has 0 atom stereocenters. The highest BCUT2D eigenvalue weighted by Crippen LogP contribution is 2.28. The highest BCUT2D eigenvalue weighted by atomic mass is 35.5. The predicted octanol–water partition coefficient (Wildman–Crippen LogP) is 3.53. The van der Waals surface area contributed by atoms with Crippen molar-refractivity contribution in [2.24, 2.45) is 5.41 Å². The molecule has 2 N–H and O–H groups in total. The molecule has 1 heterocycles. The summed E-state index contributed by atoms with van der Waals surface area (Å²) in [5, 5.41) is 13.3. The predicted molar refractivity (Wildman–Crippen MR) is 83.8 cm³/mol. The topological polar surface area (TPSA) is 62.5 Å². The minimum absolute atomic E-state index is 0.102. The number of hydrogen-bond acceptors (Lipinski definition) is 3. The van der Waals surface area contributed by atoms with E-state index in [2.05, 4.69) is 5.32 Å². The number of carbonyl (C=O) groups is 1. The fourth-order valence-electron chi connectivity index (χ4n) is 2.20. The lowest BCUT2D eigenvalue weighted by Crippen LogP contribution is -2.34. The number of hydrogen-bond donors (Lipinski definition) is 2. The summed E-state index contributed by atoms with van der Waals surface area (Å²) in [5.41, 5.74) is 1.27. The van der Waals surface area contributed by atoms with E-state index in [1.54, 1.807) is 18.2 Å². The summed E-state index contributed by atoms with van der Waals surface area (Å²) in [5.74, 6) is 0.0675. The average molecular weight is 310 g/mol. The van der Waals surface area contributed by atoms with Gasteiger partial charge in [0.2, 0.25) is 0 Å². The Balaban J connectivity index is 2.18. The van der Waals surface area contributed by atoms with E-state index in [9.17, 15) is 4.79 Å². The number of rotatable bonds is 5. The number of aliphatic hydroxyl groups is 1. The van der Waals surface area contributed by atoms with Crippen LogP contribution in [0.15, 0.2) is 22.6 Å². The molecule has 21 heavy (non-hydrogen) atoms. The molecule has 0 fully saturated rings. The number of aliphatic hydroxyl groups excluding tert-OH is 1. The van der Waals surface area contributed by atoms with Crippen LogP contribution >= 0.6 is 11.6 Å². The van der Waals surface area contributed by atoms with Crippen molar-refractivity contribution in [3.8, 4) is 0 Å². The van der Waals surface area contributed by atoms with Gasteiger partial charge in [-0.3, -0.25) is 4.79 Å². The van der Waals surface area contributed by atoms with Crippen LogP contribution in [0.2, 0.25) is 5.02 Å². The van der Waals surface area contributed by atoms with Crippen molar-refractivity contribution in [1.82, 2.24) is 5.32 Å². The van der Waals surface area contributed by atoms with Gasteiger partial charge < -0.3 is 14.8 Å². The van der Waals surface area contributed by atoms with Crippen molar-refractivity contribution in [2.75, 3.05) is 13.2 Å². The quantitative estimate of drug-likeness (QED) is 0.888. The van der Waals surface area contributed by atoms with Crippen molar-refractivity contribution in [3.05, 3.63) is 34.5 Å². The molecule has 0 saturated heterocycles. The van der Waals surface area contributed by atoms with Crippen LogP contribution in [0.25, 0.3) is 11.0 Å². The zero-order valence-electron chi connectivity index (χ0n) is 12.5. The average Bonchev–Trinajstić information content (AvgIpc) is 2.73. The lowest BCUT2D eigenvalue weighted by Gasteiger charge is -2.23. The molecule has 2 rings (SSSR count). The third-order valence-corrected chi connectivity index (χ3v) is 3.86. The second-order valence-corrected chi connectivity index (χ2v) is 6.45. The first-order valence-electron chi connectivity index (χ1n) is 6.92. The number of halogens is 1. The van der Waals surface area contributed by atoms with E-state index >= 15 is 0 Å².